The molecule has 6 nitrogen and oxygen atoms in total. The Morgan fingerprint density at radius 1 is 1.08 bits per heavy atom. The third-order valence-electron chi connectivity index (χ3n) is 7.81. The number of rotatable bonds is 9. The monoisotopic (exact) mass is 533 g/mol. The lowest BCUT2D eigenvalue weighted by Gasteiger charge is -2.34. The molecule has 1 N–H and O–H groups in total. The first kappa shape index (κ1) is 24.5. The molecule has 3 atom stereocenters. The van der Waals surface area contributed by atoms with Crippen molar-refractivity contribution in [3.63, 3.8) is 0 Å². The van der Waals surface area contributed by atoms with Crippen molar-refractivity contribution in [1.29, 1.82) is 0 Å². The van der Waals surface area contributed by atoms with Crippen LogP contribution in [0.25, 0.3) is 11.0 Å². The number of carbonyl (C=O) groups excluding carboxylic acids is 1. The number of H-pyrrole nitrogens is 1. The Hall–Kier alpha value is -2.80. The van der Waals surface area contributed by atoms with Crippen LogP contribution in [0.3, 0.4) is 0 Å². The molecular formula is C29H29Cl2N5O. The van der Waals surface area contributed by atoms with Crippen molar-refractivity contribution in [3.05, 3.63) is 87.7 Å². The SMILES string of the molecule is O=C(CC[C@@H]1CC1CN(Cc1nc2ccccc2[nH]1)[C@H]1CCCc2cccnc21)c1c(Cl)cncc1Cl. The lowest BCUT2D eigenvalue weighted by molar-refractivity contribution is 0.0976. The van der Waals surface area contributed by atoms with E-state index in [1.165, 1.54) is 23.7 Å². The summed E-state index contributed by atoms with van der Waals surface area (Å²) in [6, 6.07) is 12.7. The van der Waals surface area contributed by atoms with E-state index in [2.05, 4.69) is 27.0 Å². The molecule has 3 aromatic heterocycles. The number of pyridine rings is 2. The number of carbonyl (C=O) groups is 1. The zero-order chi connectivity index (χ0) is 25.4. The van der Waals surface area contributed by atoms with Gasteiger partial charge in [-0.15, -0.1) is 0 Å². The van der Waals surface area contributed by atoms with Gasteiger partial charge in [0.1, 0.15) is 5.82 Å². The lowest BCUT2D eigenvalue weighted by Crippen LogP contribution is -2.34. The molecule has 6 rings (SSSR count). The number of aromatic nitrogens is 4. The van der Waals surface area contributed by atoms with E-state index in [0.717, 1.165) is 62.1 Å². The molecule has 1 fully saturated rings. The molecule has 190 valence electrons. The van der Waals surface area contributed by atoms with Gasteiger partial charge in [-0.2, -0.15) is 0 Å². The van der Waals surface area contributed by atoms with Crippen LogP contribution in [0.2, 0.25) is 10.0 Å². The number of hydrogen-bond acceptors (Lipinski definition) is 5. The molecule has 0 aliphatic heterocycles. The minimum Gasteiger partial charge on any atom is -0.341 e. The Morgan fingerprint density at radius 3 is 2.76 bits per heavy atom. The van der Waals surface area contributed by atoms with Crippen molar-refractivity contribution in [3.8, 4) is 0 Å². The number of para-hydroxylation sites is 2. The summed E-state index contributed by atoms with van der Waals surface area (Å²) >= 11 is 12.4. The van der Waals surface area contributed by atoms with E-state index in [1.807, 2.05) is 30.5 Å². The third kappa shape index (κ3) is 5.28. The Bertz CT molecular complexity index is 1380. The largest absolute Gasteiger partial charge is 0.341 e. The van der Waals surface area contributed by atoms with Crippen molar-refractivity contribution >= 4 is 40.0 Å². The van der Waals surface area contributed by atoms with Gasteiger partial charge in [0, 0.05) is 31.6 Å². The van der Waals surface area contributed by atoms with Crippen LogP contribution < -0.4 is 0 Å². The fourth-order valence-corrected chi connectivity index (χ4v) is 6.40. The van der Waals surface area contributed by atoms with Crippen LogP contribution in [0.15, 0.2) is 55.0 Å². The van der Waals surface area contributed by atoms with E-state index in [0.29, 0.717) is 33.9 Å². The number of fused-ring (bicyclic) bond motifs is 2. The van der Waals surface area contributed by atoms with E-state index in [4.69, 9.17) is 33.2 Å². The molecule has 0 amide bonds. The molecule has 0 radical (unpaired) electrons. The van der Waals surface area contributed by atoms with Gasteiger partial charge in [-0.05, 0) is 67.7 Å². The number of nitrogens with zero attached hydrogens (tertiary/aromatic N) is 4. The topological polar surface area (TPSA) is 74.8 Å². The van der Waals surface area contributed by atoms with Gasteiger partial charge in [0.15, 0.2) is 5.78 Å². The Labute approximate surface area is 226 Å². The number of ketones is 1. The van der Waals surface area contributed by atoms with Gasteiger partial charge < -0.3 is 4.98 Å². The van der Waals surface area contributed by atoms with E-state index in [-0.39, 0.29) is 11.8 Å². The maximum Gasteiger partial charge on any atom is 0.166 e. The van der Waals surface area contributed by atoms with Crippen LogP contribution in [0.4, 0.5) is 0 Å². The zero-order valence-electron chi connectivity index (χ0n) is 20.5. The molecule has 1 aromatic carbocycles. The molecule has 1 unspecified atom stereocenters. The maximum atomic E-state index is 12.8. The summed E-state index contributed by atoms with van der Waals surface area (Å²) in [5, 5.41) is 0.649. The summed E-state index contributed by atoms with van der Waals surface area (Å²) < 4.78 is 0. The number of aryl methyl sites for hydroxylation is 1. The molecule has 0 bridgehead atoms. The Balaban J connectivity index is 1.17. The van der Waals surface area contributed by atoms with Gasteiger partial charge in [0.2, 0.25) is 0 Å². The van der Waals surface area contributed by atoms with Crippen molar-refractivity contribution < 1.29 is 4.79 Å². The summed E-state index contributed by atoms with van der Waals surface area (Å²) in [7, 11) is 0. The predicted molar refractivity (Wildman–Crippen MR) is 146 cm³/mol. The van der Waals surface area contributed by atoms with Gasteiger partial charge in [0.25, 0.3) is 0 Å². The van der Waals surface area contributed by atoms with Crippen LogP contribution in [-0.4, -0.2) is 37.2 Å². The van der Waals surface area contributed by atoms with Gasteiger partial charge >= 0.3 is 0 Å². The summed E-state index contributed by atoms with van der Waals surface area (Å²) in [6.07, 6.45) is 10.6. The highest BCUT2D eigenvalue weighted by Gasteiger charge is 2.40. The average molecular weight is 534 g/mol. The second-order valence-electron chi connectivity index (χ2n) is 10.3. The van der Waals surface area contributed by atoms with Gasteiger partial charge in [-0.3, -0.25) is 19.7 Å². The number of Topliss-reactive ketones (excluding diaryl/α,β-unsaturated/α-hetero) is 1. The lowest BCUT2D eigenvalue weighted by atomic mass is 9.90. The number of halogens is 2. The first-order chi connectivity index (χ1) is 18.1. The van der Waals surface area contributed by atoms with Crippen molar-refractivity contribution in [2.24, 2.45) is 11.8 Å². The van der Waals surface area contributed by atoms with Crippen molar-refractivity contribution in [2.45, 2.75) is 51.1 Å². The Morgan fingerprint density at radius 2 is 1.92 bits per heavy atom. The molecule has 2 aliphatic rings. The minimum absolute atomic E-state index is 0.00686. The maximum absolute atomic E-state index is 12.8. The molecule has 2 aliphatic carbocycles. The van der Waals surface area contributed by atoms with Crippen molar-refractivity contribution in [1.82, 2.24) is 24.8 Å². The van der Waals surface area contributed by atoms with Crippen LogP contribution in [0.5, 0.6) is 0 Å². The molecule has 1 saturated carbocycles. The summed E-state index contributed by atoms with van der Waals surface area (Å²) in [4.78, 5) is 32.5. The number of aromatic amines is 1. The molecular weight excluding hydrogens is 505 g/mol. The number of nitrogens with one attached hydrogen (secondary N) is 1. The normalized spacial score (nSPS) is 20.8. The second kappa shape index (κ2) is 10.5. The summed E-state index contributed by atoms with van der Waals surface area (Å²) in [5.41, 5.74) is 5.02. The average Bonchev–Trinajstić information content (AvgIpc) is 3.51. The number of hydrogen-bond donors (Lipinski definition) is 1. The predicted octanol–water partition coefficient (Wildman–Crippen LogP) is 6.84. The Kier molecular flexibility index (Phi) is 6.98. The van der Waals surface area contributed by atoms with Gasteiger partial charge in [-0.25, -0.2) is 4.98 Å². The highest BCUT2D eigenvalue weighted by atomic mass is 35.5. The molecule has 37 heavy (non-hydrogen) atoms. The van der Waals surface area contributed by atoms with Crippen molar-refractivity contribution in [2.75, 3.05) is 6.54 Å². The molecule has 3 heterocycles. The molecule has 8 heteroatoms. The second-order valence-corrected chi connectivity index (χ2v) is 11.1. The van der Waals surface area contributed by atoms with Gasteiger partial charge in [-0.1, -0.05) is 41.4 Å². The standard InChI is InChI=1S/C29H29Cl2N5O/c30-21-14-32-15-22(31)28(21)26(37)11-10-19-13-20(19)16-36(17-27-34-23-7-1-2-8-24(23)35-27)25-9-3-5-18-6-4-12-33-29(18)25/h1-2,4,6-8,12,14-15,19-20,25H,3,5,9-11,13,16-17H2,(H,34,35)/t19-,20?,25+/m1/s1. The molecule has 4 aromatic rings. The van der Waals surface area contributed by atoms with Crippen LogP contribution in [0, 0.1) is 11.8 Å². The highest BCUT2D eigenvalue weighted by Crippen LogP contribution is 2.45. The van der Waals surface area contributed by atoms with E-state index in [1.54, 1.807) is 0 Å². The van der Waals surface area contributed by atoms with E-state index < -0.39 is 0 Å². The smallest absolute Gasteiger partial charge is 0.166 e. The van der Waals surface area contributed by atoms with Crippen LogP contribution in [0.1, 0.15) is 65.6 Å². The number of benzene rings is 1. The fraction of sp³-hybridized carbons (Fsp3) is 0.379. The van der Waals surface area contributed by atoms with E-state index in [9.17, 15) is 4.79 Å². The zero-order valence-corrected chi connectivity index (χ0v) is 22.0. The first-order valence-electron chi connectivity index (χ1n) is 13.0. The highest BCUT2D eigenvalue weighted by molar-refractivity contribution is 6.39. The number of imidazole rings is 1. The van der Waals surface area contributed by atoms with Crippen LogP contribution in [-0.2, 0) is 13.0 Å². The summed E-state index contributed by atoms with van der Waals surface area (Å²) in [5.74, 6) is 2.05. The first-order valence-corrected chi connectivity index (χ1v) is 13.8. The minimum atomic E-state index is -0.00686. The van der Waals surface area contributed by atoms with Gasteiger partial charge in [0.05, 0.1) is 44.9 Å². The van der Waals surface area contributed by atoms with E-state index >= 15 is 0 Å². The fourth-order valence-electron chi connectivity index (χ4n) is 5.82. The quantitative estimate of drug-likeness (QED) is 0.238. The van der Waals surface area contributed by atoms with Crippen LogP contribution >= 0.6 is 23.2 Å². The third-order valence-corrected chi connectivity index (χ3v) is 8.38. The molecule has 0 saturated heterocycles. The summed E-state index contributed by atoms with van der Waals surface area (Å²) in [6.45, 7) is 1.72. The molecule has 0 spiro atoms.